The normalized spacial score (nSPS) is 12.6. The van der Waals surface area contributed by atoms with Crippen LogP contribution in [0.5, 0.6) is 5.75 Å². The minimum Gasteiger partial charge on any atom is -0.497 e. The topological polar surface area (TPSA) is 47.6 Å². The van der Waals surface area contributed by atoms with Gasteiger partial charge in [0, 0.05) is 12.1 Å². The molecule has 0 aliphatic heterocycles. The molecule has 0 radical (unpaired) electrons. The second-order valence-corrected chi connectivity index (χ2v) is 6.51. The van der Waals surface area contributed by atoms with E-state index >= 15 is 0 Å². The molecule has 1 N–H and O–H groups in total. The van der Waals surface area contributed by atoms with Crippen LogP contribution in [0.2, 0.25) is 0 Å². The molecule has 0 heterocycles. The fourth-order valence-electron chi connectivity index (χ4n) is 3.26. The zero-order valence-electron chi connectivity index (χ0n) is 16.2. The minimum absolute atomic E-state index is 0.305. The fourth-order valence-corrected chi connectivity index (χ4v) is 3.26. The number of benzene rings is 3. The van der Waals surface area contributed by atoms with Crippen molar-refractivity contribution in [3.05, 3.63) is 96.1 Å². The second kappa shape index (κ2) is 9.09. The van der Waals surface area contributed by atoms with Gasteiger partial charge >= 0.3 is 5.97 Å². The van der Waals surface area contributed by atoms with E-state index in [4.69, 9.17) is 9.47 Å². The van der Waals surface area contributed by atoms with E-state index in [2.05, 4.69) is 5.32 Å². The van der Waals surface area contributed by atoms with Crippen LogP contribution < -0.4 is 10.1 Å². The first kappa shape index (κ1) is 19.5. The molecule has 4 nitrogen and oxygen atoms in total. The van der Waals surface area contributed by atoms with Crippen molar-refractivity contribution in [3.8, 4) is 5.75 Å². The molecule has 0 saturated heterocycles. The van der Waals surface area contributed by atoms with Gasteiger partial charge in [-0.1, -0.05) is 60.7 Å². The van der Waals surface area contributed by atoms with Gasteiger partial charge in [-0.2, -0.15) is 0 Å². The molecule has 1 unspecified atom stereocenters. The molecule has 3 aromatic carbocycles. The molecule has 0 amide bonds. The number of hydrogen-bond acceptors (Lipinski definition) is 4. The van der Waals surface area contributed by atoms with Crippen LogP contribution in [-0.2, 0) is 21.5 Å². The lowest BCUT2D eigenvalue weighted by atomic mass is 9.83. The van der Waals surface area contributed by atoms with Gasteiger partial charge in [0.15, 0.2) is 5.54 Å². The van der Waals surface area contributed by atoms with E-state index in [0.717, 1.165) is 22.6 Å². The highest BCUT2D eigenvalue weighted by atomic mass is 16.5. The summed E-state index contributed by atoms with van der Waals surface area (Å²) in [4.78, 5) is 13.3. The summed E-state index contributed by atoms with van der Waals surface area (Å²) in [6.45, 7) is 2.13. The molecule has 3 rings (SSSR count). The quantitative estimate of drug-likeness (QED) is 0.574. The Hall–Kier alpha value is -3.27. The summed E-state index contributed by atoms with van der Waals surface area (Å²) >= 11 is 0. The maximum absolute atomic E-state index is 13.3. The number of hydrogen-bond donors (Lipinski definition) is 1. The molecule has 0 aliphatic rings. The van der Waals surface area contributed by atoms with E-state index in [-0.39, 0.29) is 5.97 Å². The molecule has 144 valence electrons. The molecule has 28 heavy (non-hydrogen) atoms. The summed E-state index contributed by atoms with van der Waals surface area (Å²) in [5.41, 5.74) is 1.66. The third-order valence-corrected chi connectivity index (χ3v) is 4.65. The Labute approximate surface area is 166 Å². The summed E-state index contributed by atoms with van der Waals surface area (Å²) in [6, 6.07) is 27.2. The zero-order valence-corrected chi connectivity index (χ0v) is 16.2. The van der Waals surface area contributed by atoms with Crippen molar-refractivity contribution in [2.45, 2.75) is 18.9 Å². The van der Waals surface area contributed by atoms with E-state index in [1.807, 2.05) is 91.9 Å². The number of carbonyl (C=O) groups is 1. The smallest absolute Gasteiger partial charge is 0.336 e. The van der Waals surface area contributed by atoms with Crippen molar-refractivity contribution in [1.29, 1.82) is 0 Å². The number of nitrogens with one attached hydrogen (secondary N) is 1. The second-order valence-electron chi connectivity index (χ2n) is 6.51. The standard InChI is InChI=1S/C24H25NO3/c1-3-28-23(26)24(20-12-8-5-9-13-20,18-19-10-6-4-7-11-19)25-21-14-16-22(27-2)17-15-21/h4-17,25H,3,18H2,1-2H3. The fraction of sp³-hybridized carbons (Fsp3) is 0.208. The van der Waals surface area contributed by atoms with Crippen molar-refractivity contribution in [2.75, 3.05) is 19.0 Å². The lowest BCUT2D eigenvalue weighted by Gasteiger charge is -2.34. The van der Waals surface area contributed by atoms with Crippen molar-refractivity contribution in [1.82, 2.24) is 0 Å². The molecule has 0 fully saturated rings. The van der Waals surface area contributed by atoms with Crippen LogP contribution in [0.3, 0.4) is 0 Å². The Morgan fingerprint density at radius 2 is 1.50 bits per heavy atom. The molecular weight excluding hydrogens is 350 g/mol. The number of ether oxygens (including phenoxy) is 2. The van der Waals surface area contributed by atoms with Crippen LogP contribution in [0.25, 0.3) is 0 Å². The largest absolute Gasteiger partial charge is 0.497 e. The molecule has 1 atom stereocenters. The van der Waals surface area contributed by atoms with E-state index in [1.165, 1.54) is 0 Å². The molecule has 3 aromatic rings. The van der Waals surface area contributed by atoms with Crippen LogP contribution in [-0.4, -0.2) is 19.7 Å². The summed E-state index contributed by atoms with van der Waals surface area (Å²) in [5.74, 6) is 0.455. The molecule has 0 saturated carbocycles. The molecule has 0 spiro atoms. The predicted octanol–water partition coefficient (Wildman–Crippen LogP) is 4.81. The van der Waals surface area contributed by atoms with E-state index in [0.29, 0.717) is 13.0 Å². The maximum atomic E-state index is 13.3. The monoisotopic (exact) mass is 375 g/mol. The summed E-state index contributed by atoms with van der Waals surface area (Å²) in [6.07, 6.45) is 0.461. The lowest BCUT2D eigenvalue weighted by molar-refractivity contribution is -0.149. The summed E-state index contributed by atoms with van der Waals surface area (Å²) < 4.78 is 10.8. The van der Waals surface area contributed by atoms with E-state index < -0.39 is 5.54 Å². The third-order valence-electron chi connectivity index (χ3n) is 4.65. The van der Waals surface area contributed by atoms with Gasteiger partial charge in [-0.25, -0.2) is 4.79 Å². The number of rotatable bonds is 8. The molecule has 4 heteroatoms. The van der Waals surface area contributed by atoms with E-state index in [9.17, 15) is 4.79 Å². The highest BCUT2D eigenvalue weighted by molar-refractivity contribution is 5.87. The highest BCUT2D eigenvalue weighted by Gasteiger charge is 2.42. The predicted molar refractivity (Wildman–Crippen MR) is 112 cm³/mol. The SMILES string of the molecule is CCOC(=O)C(Cc1ccccc1)(Nc1ccc(OC)cc1)c1ccccc1. The van der Waals surface area contributed by atoms with Crippen LogP contribution in [0, 0.1) is 0 Å². The number of anilines is 1. The van der Waals surface area contributed by atoms with Crippen molar-refractivity contribution in [3.63, 3.8) is 0 Å². The zero-order chi connectivity index (χ0) is 19.8. The Morgan fingerprint density at radius 3 is 2.07 bits per heavy atom. The van der Waals surface area contributed by atoms with Gasteiger partial charge in [-0.3, -0.25) is 0 Å². The van der Waals surface area contributed by atoms with E-state index in [1.54, 1.807) is 7.11 Å². The number of methoxy groups -OCH3 is 1. The maximum Gasteiger partial charge on any atom is 0.336 e. The number of esters is 1. The summed E-state index contributed by atoms with van der Waals surface area (Å²) in [7, 11) is 1.63. The van der Waals surface area contributed by atoms with Crippen molar-refractivity contribution in [2.24, 2.45) is 0 Å². The van der Waals surface area contributed by atoms with Gasteiger partial charge < -0.3 is 14.8 Å². The van der Waals surface area contributed by atoms with Gasteiger partial charge in [0.05, 0.1) is 13.7 Å². The Kier molecular flexibility index (Phi) is 6.33. The third kappa shape index (κ3) is 4.34. The van der Waals surface area contributed by atoms with Gasteiger partial charge in [-0.05, 0) is 42.3 Å². The van der Waals surface area contributed by atoms with Gasteiger partial charge in [-0.15, -0.1) is 0 Å². The van der Waals surface area contributed by atoms with Crippen molar-refractivity contribution < 1.29 is 14.3 Å². The first-order valence-electron chi connectivity index (χ1n) is 9.37. The van der Waals surface area contributed by atoms with Gasteiger partial charge in [0.2, 0.25) is 0 Å². The lowest BCUT2D eigenvalue weighted by Crippen LogP contribution is -2.46. The Morgan fingerprint density at radius 1 is 0.893 bits per heavy atom. The molecular formula is C24H25NO3. The van der Waals surface area contributed by atoms with Crippen LogP contribution in [0.4, 0.5) is 5.69 Å². The Balaban J connectivity index is 2.09. The minimum atomic E-state index is -1.05. The highest BCUT2D eigenvalue weighted by Crippen LogP contribution is 2.33. The number of carbonyl (C=O) groups excluding carboxylic acids is 1. The van der Waals surface area contributed by atoms with Crippen molar-refractivity contribution >= 4 is 11.7 Å². The van der Waals surface area contributed by atoms with Gasteiger partial charge in [0.1, 0.15) is 5.75 Å². The molecule has 0 aliphatic carbocycles. The van der Waals surface area contributed by atoms with Gasteiger partial charge in [0.25, 0.3) is 0 Å². The first-order chi connectivity index (χ1) is 13.7. The molecule has 0 bridgehead atoms. The Bertz CT molecular complexity index is 879. The first-order valence-corrected chi connectivity index (χ1v) is 9.37. The van der Waals surface area contributed by atoms with Crippen LogP contribution >= 0.6 is 0 Å². The van der Waals surface area contributed by atoms with Crippen LogP contribution in [0.15, 0.2) is 84.9 Å². The van der Waals surface area contributed by atoms with Crippen LogP contribution in [0.1, 0.15) is 18.1 Å². The molecule has 0 aromatic heterocycles. The summed E-state index contributed by atoms with van der Waals surface area (Å²) in [5, 5.41) is 3.46. The average molecular weight is 375 g/mol. The average Bonchev–Trinajstić information content (AvgIpc) is 2.75.